The van der Waals surface area contributed by atoms with Crippen molar-refractivity contribution in [2.75, 3.05) is 6.54 Å². The van der Waals surface area contributed by atoms with Gasteiger partial charge in [-0.1, -0.05) is 41.9 Å². The first-order valence-corrected chi connectivity index (χ1v) is 11.2. The van der Waals surface area contributed by atoms with Gasteiger partial charge in [0, 0.05) is 24.7 Å². The molecule has 0 radical (unpaired) electrons. The van der Waals surface area contributed by atoms with Gasteiger partial charge in [0.2, 0.25) is 0 Å². The fourth-order valence-corrected chi connectivity index (χ4v) is 4.98. The fourth-order valence-electron chi connectivity index (χ4n) is 4.77. The maximum absolute atomic E-state index is 14.7. The summed E-state index contributed by atoms with van der Waals surface area (Å²) in [6.45, 7) is 8.47. The van der Waals surface area contributed by atoms with Crippen molar-refractivity contribution in [2.45, 2.75) is 64.3 Å². The molecule has 0 amide bonds. The lowest BCUT2D eigenvalue weighted by atomic mass is 10.0. The first-order valence-electron chi connectivity index (χ1n) is 10.8. The Balaban J connectivity index is 1.49. The number of rotatable bonds is 5. The molecule has 1 aliphatic heterocycles. The molecule has 4 nitrogen and oxygen atoms in total. The Morgan fingerprint density at radius 1 is 1.19 bits per heavy atom. The third kappa shape index (κ3) is 4.73. The Morgan fingerprint density at radius 3 is 2.55 bits per heavy atom. The van der Waals surface area contributed by atoms with Crippen LogP contribution in [0.1, 0.15) is 62.5 Å². The maximum Gasteiger partial charge on any atom is 0.341 e. The van der Waals surface area contributed by atoms with Crippen molar-refractivity contribution >= 4 is 17.6 Å². The monoisotopic (exact) mass is 445 g/mol. The van der Waals surface area contributed by atoms with Crippen molar-refractivity contribution in [3.63, 3.8) is 0 Å². The summed E-state index contributed by atoms with van der Waals surface area (Å²) in [4.78, 5) is 14.8. The molecule has 1 aliphatic carbocycles. The van der Waals surface area contributed by atoms with Crippen LogP contribution in [0.25, 0.3) is 0 Å². The molecule has 0 aromatic heterocycles. The van der Waals surface area contributed by atoms with Crippen molar-refractivity contribution < 1.29 is 18.7 Å². The minimum atomic E-state index is -0.735. The molecule has 2 aromatic carbocycles. The highest BCUT2D eigenvalue weighted by atomic mass is 35.5. The third-order valence-corrected chi connectivity index (χ3v) is 6.46. The molecule has 0 spiro atoms. The van der Waals surface area contributed by atoms with Gasteiger partial charge in [0.15, 0.2) is 0 Å². The zero-order valence-electron chi connectivity index (χ0n) is 18.4. The number of esters is 1. The number of fused-ring (bicyclic) bond motifs is 2. The second-order valence-corrected chi connectivity index (χ2v) is 10.0. The maximum atomic E-state index is 14.7. The average Bonchev–Trinajstić information content (AvgIpc) is 3.29. The highest BCUT2D eigenvalue weighted by Crippen LogP contribution is 2.44. The van der Waals surface area contributed by atoms with E-state index in [0.717, 1.165) is 19.4 Å². The van der Waals surface area contributed by atoms with Crippen molar-refractivity contribution in [2.24, 2.45) is 5.92 Å². The van der Waals surface area contributed by atoms with E-state index in [2.05, 4.69) is 36.1 Å². The van der Waals surface area contributed by atoms with E-state index in [1.54, 1.807) is 20.8 Å². The lowest BCUT2D eigenvalue weighted by Gasteiger charge is -2.37. The molecular formula is C25H29ClFNO3. The number of benzene rings is 2. The van der Waals surface area contributed by atoms with Gasteiger partial charge in [-0.25, -0.2) is 9.18 Å². The minimum absolute atomic E-state index is 0.0609. The minimum Gasteiger partial charge on any atom is -0.487 e. The highest BCUT2D eigenvalue weighted by Gasteiger charge is 2.48. The Labute approximate surface area is 188 Å². The smallest absolute Gasteiger partial charge is 0.341 e. The summed E-state index contributed by atoms with van der Waals surface area (Å²) in [5.74, 6) is -0.588. The molecule has 1 saturated carbocycles. The van der Waals surface area contributed by atoms with Crippen LogP contribution in [0, 0.1) is 11.7 Å². The Morgan fingerprint density at radius 2 is 1.90 bits per heavy atom. The quantitative estimate of drug-likeness (QED) is 0.526. The number of carbonyl (C=O) groups is 1. The molecule has 2 bridgehead atoms. The normalized spacial score (nSPS) is 24.3. The number of carbonyl (C=O) groups excluding carboxylic acids is 1. The van der Waals surface area contributed by atoms with Gasteiger partial charge in [-0.15, -0.1) is 0 Å². The highest BCUT2D eigenvalue weighted by molar-refractivity contribution is 6.32. The summed E-state index contributed by atoms with van der Waals surface area (Å²) in [5.41, 5.74) is 0.381. The van der Waals surface area contributed by atoms with Crippen LogP contribution in [0.2, 0.25) is 5.02 Å². The number of hydrogen-bond donors (Lipinski definition) is 0. The van der Waals surface area contributed by atoms with E-state index in [4.69, 9.17) is 21.1 Å². The molecule has 1 saturated heterocycles. The van der Waals surface area contributed by atoms with Gasteiger partial charge in [0.1, 0.15) is 23.3 Å². The first-order chi connectivity index (χ1) is 14.6. The number of piperidine rings is 1. The number of likely N-dealkylation sites (tertiary alicyclic amines) is 1. The van der Waals surface area contributed by atoms with E-state index >= 15 is 0 Å². The van der Waals surface area contributed by atoms with E-state index in [1.807, 2.05) is 6.07 Å². The van der Waals surface area contributed by atoms with Crippen LogP contribution in [0.3, 0.4) is 0 Å². The van der Waals surface area contributed by atoms with E-state index < -0.39 is 17.4 Å². The number of ether oxygens (including phenoxy) is 2. The van der Waals surface area contributed by atoms with Crippen LogP contribution in [-0.2, 0) is 4.74 Å². The second-order valence-electron chi connectivity index (χ2n) is 9.61. The number of nitrogens with zero attached hydrogens (tertiary/aromatic N) is 1. The molecule has 4 atom stereocenters. The molecular weight excluding hydrogens is 417 g/mol. The summed E-state index contributed by atoms with van der Waals surface area (Å²) in [6.07, 6.45) is 1.93. The molecule has 1 heterocycles. The molecule has 4 rings (SSSR count). The van der Waals surface area contributed by atoms with Gasteiger partial charge in [-0.3, -0.25) is 4.90 Å². The molecule has 166 valence electrons. The summed E-state index contributed by atoms with van der Waals surface area (Å²) in [5, 5.41) is 0.215. The lowest BCUT2D eigenvalue weighted by molar-refractivity contribution is 0.00645. The van der Waals surface area contributed by atoms with Crippen molar-refractivity contribution in [1.29, 1.82) is 0 Å². The van der Waals surface area contributed by atoms with E-state index in [0.29, 0.717) is 5.92 Å². The molecule has 2 aliphatic rings. The van der Waals surface area contributed by atoms with Crippen molar-refractivity contribution in [1.82, 2.24) is 4.90 Å². The fraction of sp³-hybridized carbons (Fsp3) is 0.480. The van der Waals surface area contributed by atoms with E-state index in [9.17, 15) is 9.18 Å². The van der Waals surface area contributed by atoms with Gasteiger partial charge in [-0.2, -0.15) is 0 Å². The SMILES string of the molecule is CC(c1ccccc1)N1CC2CC(Oc3cc(F)c(C(=O)OC(C)(C)C)cc3Cl)C1C2. The standard InChI is InChI=1S/C25H29ClFNO3/c1-15(17-8-6-5-7-9-17)28-14-16-10-21(28)23(11-16)30-22-13-20(27)18(12-19(22)26)24(29)31-25(2,3)4/h5-9,12-13,15-16,21,23H,10-11,14H2,1-4H3. The third-order valence-electron chi connectivity index (χ3n) is 6.16. The largest absolute Gasteiger partial charge is 0.487 e. The van der Waals surface area contributed by atoms with E-state index in [1.165, 1.54) is 17.7 Å². The van der Waals surface area contributed by atoms with Gasteiger partial charge in [0.05, 0.1) is 10.6 Å². The van der Waals surface area contributed by atoms with Crippen molar-refractivity contribution in [3.8, 4) is 5.75 Å². The molecule has 0 N–H and O–H groups in total. The van der Waals surface area contributed by atoms with Crippen LogP contribution >= 0.6 is 11.6 Å². The molecule has 2 aromatic rings. The lowest BCUT2D eigenvalue weighted by Crippen LogP contribution is -2.45. The second kappa shape index (κ2) is 8.44. The average molecular weight is 446 g/mol. The predicted molar refractivity (Wildman–Crippen MR) is 119 cm³/mol. The van der Waals surface area contributed by atoms with Gasteiger partial charge >= 0.3 is 5.97 Å². The van der Waals surface area contributed by atoms with Crippen LogP contribution in [0.5, 0.6) is 5.75 Å². The molecule has 4 unspecified atom stereocenters. The van der Waals surface area contributed by atoms with Gasteiger partial charge < -0.3 is 9.47 Å². The zero-order chi connectivity index (χ0) is 22.3. The van der Waals surface area contributed by atoms with Crippen LogP contribution in [0.4, 0.5) is 4.39 Å². The predicted octanol–water partition coefficient (Wildman–Crippen LogP) is 6.04. The summed E-state index contributed by atoms with van der Waals surface area (Å²) >= 11 is 6.38. The van der Waals surface area contributed by atoms with Crippen LogP contribution in [0.15, 0.2) is 42.5 Å². The van der Waals surface area contributed by atoms with Crippen molar-refractivity contribution in [3.05, 3.63) is 64.4 Å². The first kappa shape index (κ1) is 22.1. The Hall–Kier alpha value is -2.11. The van der Waals surface area contributed by atoms with Crippen LogP contribution < -0.4 is 4.74 Å². The molecule has 2 fully saturated rings. The van der Waals surface area contributed by atoms with Gasteiger partial charge in [0.25, 0.3) is 0 Å². The summed E-state index contributed by atoms with van der Waals surface area (Å²) in [6, 6.07) is 13.5. The number of halogens is 2. The molecule has 31 heavy (non-hydrogen) atoms. The topological polar surface area (TPSA) is 38.8 Å². The summed E-state index contributed by atoms with van der Waals surface area (Å²) in [7, 11) is 0. The Kier molecular flexibility index (Phi) is 6.01. The molecule has 6 heteroatoms. The zero-order valence-corrected chi connectivity index (χ0v) is 19.2. The number of hydrogen-bond acceptors (Lipinski definition) is 4. The van der Waals surface area contributed by atoms with Crippen LogP contribution in [-0.4, -0.2) is 35.2 Å². The summed E-state index contributed by atoms with van der Waals surface area (Å²) < 4.78 is 26.2. The van der Waals surface area contributed by atoms with Gasteiger partial charge in [-0.05, 0) is 58.1 Å². The Bertz CT molecular complexity index is 959. The van der Waals surface area contributed by atoms with E-state index in [-0.39, 0.29) is 34.5 Å².